The topological polar surface area (TPSA) is 63.1 Å². The second-order valence-corrected chi connectivity index (χ2v) is 9.40. The number of aromatic nitrogens is 3. The number of nitrogens with one attached hydrogen (secondary N) is 1. The molecule has 4 fully saturated rings. The lowest BCUT2D eigenvalue weighted by Gasteiger charge is -2.49. The van der Waals surface area contributed by atoms with E-state index in [0.29, 0.717) is 18.0 Å². The van der Waals surface area contributed by atoms with Gasteiger partial charge in [-0.15, -0.1) is 16.9 Å². The van der Waals surface area contributed by atoms with Gasteiger partial charge in [-0.05, 0) is 50.3 Å². The highest BCUT2D eigenvalue weighted by molar-refractivity contribution is 7.98. The number of piperidine rings is 3. The molecule has 1 amide bonds. The van der Waals surface area contributed by atoms with Gasteiger partial charge in [0, 0.05) is 35.5 Å². The normalized spacial score (nSPS) is 29.0. The number of carbonyl (C=O) groups is 1. The third-order valence-corrected chi connectivity index (χ3v) is 7.30. The Hall–Kier alpha value is -1.86. The van der Waals surface area contributed by atoms with E-state index in [0.717, 1.165) is 56.8 Å². The van der Waals surface area contributed by atoms with E-state index in [1.807, 2.05) is 10.7 Å². The first-order valence-corrected chi connectivity index (χ1v) is 11.3. The first kappa shape index (κ1) is 18.2. The Morgan fingerprint density at radius 2 is 2.07 bits per heavy atom. The molecule has 3 saturated heterocycles. The molecule has 0 spiro atoms. The van der Waals surface area contributed by atoms with Gasteiger partial charge in [0.1, 0.15) is 0 Å². The summed E-state index contributed by atoms with van der Waals surface area (Å²) in [6.07, 6.45) is 6.64. The van der Waals surface area contributed by atoms with Gasteiger partial charge in [-0.3, -0.25) is 14.4 Å². The van der Waals surface area contributed by atoms with Crippen molar-refractivity contribution in [2.75, 3.05) is 13.1 Å². The van der Waals surface area contributed by atoms with Crippen LogP contribution in [0.25, 0.3) is 0 Å². The van der Waals surface area contributed by atoms with E-state index < -0.39 is 0 Å². The van der Waals surface area contributed by atoms with E-state index in [9.17, 15) is 4.79 Å². The van der Waals surface area contributed by atoms with Crippen molar-refractivity contribution >= 4 is 17.7 Å². The second kappa shape index (κ2) is 7.87. The Balaban J connectivity index is 1.15. The maximum Gasteiger partial charge on any atom is 0.224 e. The van der Waals surface area contributed by atoms with E-state index in [-0.39, 0.29) is 11.8 Å². The molecule has 148 valence electrons. The quantitative estimate of drug-likeness (QED) is 0.728. The molecule has 1 aromatic heterocycles. The molecule has 1 aromatic carbocycles. The molecule has 0 radical (unpaired) electrons. The molecule has 7 heteroatoms. The average Bonchev–Trinajstić information content (AvgIpc) is 3.44. The highest BCUT2D eigenvalue weighted by Gasteiger charge is 2.44. The minimum atomic E-state index is 0.180. The summed E-state index contributed by atoms with van der Waals surface area (Å²) in [5, 5.41) is 11.9. The molecule has 4 heterocycles. The summed E-state index contributed by atoms with van der Waals surface area (Å²) in [6, 6.07) is 11.3. The molecule has 6 rings (SSSR count). The molecular formula is C21H27N5OS. The van der Waals surface area contributed by atoms with Crippen molar-refractivity contribution in [1.29, 1.82) is 0 Å². The Labute approximate surface area is 170 Å². The fourth-order valence-corrected chi connectivity index (χ4v) is 5.34. The molecule has 1 N–H and O–H groups in total. The van der Waals surface area contributed by atoms with E-state index in [2.05, 4.69) is 51.0 Å². The summed E-state index contributed by atoms with van der Waals surface area (Å²) in [4.78, 5) is 16.3. The maximum absolute atomic E-state index is 12.5. The van der Waals surface area contributed by atoms with Crippen LogP contribution in [0.4, 0.5) is 0 Å². The molecule has 2 aromatic rings. The van der Waals surface area contributed by atoms with Crippen molar-refractivity contribution in [3.63, 3.8) is 0 Å². The maximum atomic E-state index is 12.5. The predicted octanol–water partition coefficient (Wildman–Crippen LogP) is 2.56. The number of rotatable bonds is 7. The van der Waals surface area contributed by atoms with Crippen LogP contribution in [0.1, 0.15) is 31.4 Å². The van der Waals surface area contributed by atoms with E-state index in [1.54, 1.807) is 11.8 Å². The lowest BCUT2D eigenvalue weighted by atomic mass is 9.75. The predicted molar refractivity (Wildman–Crippen MR) is 109 cm³/mol. The average molecular weight is 398 g/mol. The van der Waals surface area contributed by atoms with Gasteiger partial charge in [-0.25, -0.2) is 0 Å². The van der Waals surface area contributed by atoms with E-state index >= 15 is 0 Å². The zero-order valence-corrected chi connectivity index (χ0v) is 16.9. The highest BCUT2D eigenvalue weighted by Crippen LogP contribution is 2.37. The van der Waals surface area contributed by atoms with Crippen molar-refractivity contribution in [2.45, 2.75) is 55.0 Å². The Morgan fingerprint density at radius 3 is 2.82 bits per heavy atom. The summed E-state index contributed by atoms with van der Waals surface area (Å²) < 4.78 is 1.99. The molecule has 4 atom stereocenters. The number of nitrogens with zero attached hydrogens (tertiary/aromatic N) is 4. The first-order valence-electron chi connectivity index (χ1n) is 10.4. The largest absolute Gasteiger partial charge is 0.353 e. The molecule has 3 aliphatic heterocycles. The molecule has 2 bridgehead atoms. The van der Waals surface area contributed by atoms with Crippen LogP contribution >= 0.6 is 11.8 Å². The number of fused-ring (bicyclic) bond motifs is 3. The van der Waals surface area contributed by atoms with Crippen molar-refractivity contribution in [3.05, 3.63) is 42.2 Å². The van der Waals surface area contributed by atoms with Crippen LogP contribution < -0.4 is 5.32 Å². The van der Waals surface area contributed by atoms with Gasteiger partial charge in [0.15, 0.2) is 0 Å². The third-order valence-electron chi connectivity index (χ3n) is 6.25. The van der Waals surface area contributed by atoms with Crippen molar-refractivity contribution < 1.29 is 4.79 Å². The van der Waals surface area contributed by atoms with Gasteiger partial charge in [-0.1, -0.05) is 23.4 Å². The fourth-order valence-electron chi connectivity index (χ4n) is 4.54. The lowest BCUT2D eigenvalue weighted by Crippen LogP contribution is -2.58. The van der Waals surface area contributed by atoms with Crippen molar-refractivity contribution in [3.8, 4) is 0 Å². The number of amides is 1. The van der Waals surface area contributed by atoms with Crippen LogP contribution in [0.15, 0.2) is 41.4 Å². The molecule has 6 nitrogen and oxygen atoms in total. The summed E-state index contributed by atoms with van der Waals surface area (Å²) in [7, 11) is 0. The van der Waals surface area contributed by atoms with Gasteiger partial charge in [0.25, 0.3) is 0 Å². The second-order valence-electron chi connectivity index (χ2n) is 8.36. The van der Waals surface area contributed by atoms with Gasteiger partial charge in [-0.2, -0.15) is 0 Å². The van der Waals surface area contributed by atoms with Crippen LogP contribution in [0.3, 0.4) is 0 Å². The zero-order valence-electron chi connectivity index (χ0n) is 16.0. The van der Waals surface area contributed by atoms with E-state index in [1.165, 1.54) is 4.90 Å². The number of hydrogen-bond acceptors (Lipinski definition) is 5. The van der Waals surface area contributed by atoms with Crippen molar-refractivity contribution in [1.82, 2.24) is 25.2 Å². The van der Waals surface area contributed by atoms with Crippen LogP contribution in [-0.2, 0) is 17.1 Å². The highest BCUT2D eigenvalue weighted by atomic mass is 32.2. The minimum absolute atomic E-state index is 0.180. The first-order chi connectivity index (χ1) is 13.7. The Kier molecular flexibility index (Phi) is 5.11. The van der Waals surface area contributed by atoms with Gasteiger partial charge in [0.2, 0.25) is 5.91 Å². The number of benzene rings is 1. The summed E-state index contributed by atoms with van der Waals surface area (Å²) in [5.41, 5.74) is 1.02. The van der Waals surface area contributed by atoms with Gasteiger partial charge >= 0.3 is 0 Å². The lowest BCUT2D eigenvalue weighted by molar-refractivity contribution is -0.133. The molecular weight excluding hydrogens is 370 g/mol. The van der Waals surface area contributed by atoms with E-state index in [4.69, 9.17) is 0 Å². The summed E-state index contributed by atoms with van der Waals surface area (Å²) in [6.45, 7) is 2.88. The molecule has 1 aliphatic carbocycles. The number of hydrogen-bond donors (Lipinski definition) is 1. The monoisotopic (exact) mass is 397 g/mol. The molecule has 28 heavy (non-hydrogen) atoms. The van der Waals surface area contributed by atoms with Crippen LogP contribution in [0.2, 0.25) is 0 Å². The standard InChI is InChI=1S/C21H27N5OS/c27-21(22-16-6-7-16)20-13-25-9-8-15(20)10-18(25)12-26-11-17(23-24-26)14-28-19-4-2-1-3-5-19/h1-5,11,15-16,18,20H,6-10,12-14H2,(H,22,27). The van der Waals surface area contributed by atoms with Gasteiger partial charge < -0.3 is 5.32 Å². The molecule has 4 aliphatic rings. The third kappa shape index (κ3) is 4.10. The molecule has 4 unspecified atom stereocenters. The smallest absolute Gasteiger partial charge is 0.224 e. The number of carbonyl (C=O) groups excluding carboxylic acids is 1. The number of thioether (sulfide) groups is 1. The van der Waals surface area contributed by atoms with Crippen molar-refractivity contribution in [2.24, 2.45) is 11.8 Å². The Bertz CT molecular complexity index is 821. The summed E-state index contributed by atoms with van der Waals surface area (Å²) >= 11 is 1.79. The van der Waals surface area contributed by atoms with Gasteiger partial charge in [0.05, 0.1) is 18.2 Å². The Morgan fingerprint density at radius 1 is 1.21 bits per heavy atom. The zero-order chi connectivity index (χ0) is 18.9. The summed E-state index contributed by atoms with van der Waals surface area (Å²) in [5.74, 6) is 1.82. The van der Waals surface area contributed by atoms with Crippen LogP contribution in [0.5, 0.6) is 0 Å². The minimum Gasteiger partial charge on any atom is -0.353 e. The SMILES string of the molecule is O=C(NC1CC1)C1CN2CCC1CC2Cn1cc(CSc2ccccc2)nn1. The molecule has 1 saturated carbocycles. The van der Waals surface area contributed by atoms with Crippen LogP contribution in [-0.4, -0.2) is 51.0 Å². The van der Waals surface area contributed by atoms with Crippen LogP contribution in [0, 0.1) is 11.8 Å². The fraction of sp³-hybridized carbons (Fsp3) is 0.571.